The number of rotatable bonds is 6. The molecule has 1 N–H and O–H groups in total. The molecule has 7 heteroatoms. The first kappa shape index (κ1) is 18.5. The first-order valence-electron chi connectivity index (χ1n) is 7.61. The number of nitrogens with one attached hydrogen (secondary N) is 1. The third kappa shape index (κ3) is 5.07. The zero-order valence-corrected chi connectivity index (χ0v) is 13.6. The van der Waals surface area contributed by atoms with Crippen molar-refractivity contribution in [2.45, 2.75) is 19.9 Å². The molecule has 4 nitrogen and oxygen atoms in total. The summed E-state index contributed by atoms with van der Waals surface area (Å²) in [6, 6.07) is 9.24. The van der Waals surface area contributed by atoms with Crippen LogP contribution in [-0.2, 0) is 16.1 Å². The maximum atomic E-state index is 13.7. The first-order valence-corrected chi connectivity index (χ1v) is 7.61. The van der Waals surface area contributed by atoms with Crippen LogP contribution in [0.4, 0.5) is 18.9 Å². The second kappa shape index (κ2) is 8.32. The fourth-order valence-corrected chi connectivity index (χ4v) is 2.24. The maximum Gasteiger partial charge on any atom is 0.226 e. The van der Waals surface area contributed by atoms with Crippen molar-refractivity contribution in [3.63, 3.8) is 0 Å². The van der Waals surface area contributed by atoms with E-state index in [0.29, 0.717) is 5.56 Å². The summed E-state index contributed by atoms with van der Waals surface area (Å²) in [5, 5.41) is 2.15. The van der Waals surface area contributed by atoms with E-state index in [0.717, 1.165) is 12.1 Å². The van der Waals surface area contributed by atoms with Crippen LogP contribution in [-0.4, -0.2) is 23.3 Å². The Morgan fingerprint density at radius 1 is 0.960 bits per heavy atom. The molecule has 0 atom stereocenters. The number of halogens is 3. The number of anilines is 1. The molecule has 0 unspecified atom stereocenters. The summed E-state index contributed by atoms with van der Waals surface area (Å²) in [6.07, 6.45) is -0.179. The molecule has 0 saturated carbocycles. The molecule has 0 fully saturated rings. The molecule has 0 aliphatic rings. The van der Waals surface area contributed by atoms with Gasteiger partial charge in [-0.2, -0.15) is 0 Å². The van der Waals surface area contributed by atoms with Crippen molar-refractivity contribution in [3.8, 4) is 0 Å². The van der Waals surface area contributed by atoms with E-state index in [2.05, 4.69) is 5.32 Å². The van der Waals surface area contributed by atoms with Crippen molar-refractivity contribution in [3.05, 3.63) is 65.5 Å². The third-order valence-electron chi connectivity index (χ3n) is 3.60. The summed E-state index contributed by atoms with van der Waals surface area (Å²) < 4.78 is 40.7. The van der Waals surface area contributed by atoms with Gasteiger partial charge >= 0.3 is 0 Å². The van der Waals surface area contributed by atoms with Crippen LogP contribution in [0.15, 0.2) is 42.5 Å². The molecular weight excluding hydrogens is 333 g/mol. The minimum Gasteiger partial charge on any atom is -0.338 e. The molecule has 0 saturated heterocycles. The smallest absolute Gasteiger partial charge is 0.226 e. The third-order valence-corrected chi connectivity index (χ3v) is 3.60. The molecule has 0 aliphatic heterocycles. The molecule has 2 rings (SSSR count). The molecule has 0 spiro atoms. The highest BCUT2D eigenvalue weighted by atomic mass is 19.1. The predicted molar refractivity (Wildman–Crippen MR) is 87.1 cm³/mol. The summed E-state index contributed by atoms with van der Waals surface area (Å²) >= 11 is 0. The van der Waals surface area contributed by atoms with Gasteiger partial charge in [-0.25, -0.2) is 13.2 Å². The Labute approximate surface area is 143 Å². The van der Waals surface area contributed by atoms with Crippen LogP contribution >= 0.6 is 0 Å². The second-order valence-electron chi connectivity index (χ2n) is 5.43. The van der Waals surface area contributed by atoms with E-state index in [1.807, 2.05) is 0 Å². The van der Waals surface area contributed by atoms with Gasteiger partial charge in [0, 0.05) is 32.0 Å². The standard InChI is InChI=1S/C18H17F3N2O2/c1-12(24)23(11-13-5-2-3-6-14(13)19)10-9-17(25)22-18-15(20)7-4-8-16(18)21/h2-8H,9-11H2,1H3,(H,22,25). The summed E-state index contributed by atoms with van der Waals surface area (Å²) in [7, 11) is 0. The number of hydrogen-bond donors (Lipinski definition) is 1. The number of carbonyl (C=O) groups excluding carboxylic acids is 2. The second-order valence-corrected chi connectivity index (χ2v) is 5.43. The number of carbonyl (C=O) groups is 2. The fourth-order valence-electron chi connectivity index (χ4n) is 2.24. The van der Waals surface area contributed by atoms with E-state index < -0.39 is 29.0 Å². The molecule has 2 amide bonds. The molecule has 132 valence electrons. The SMILES string of the molecule is CC(=O)N(CCC(=O)Nc1c(F)cccc1F)Cc1ccccc1F. The minimum atomic E-state index is -0.886. The number of hydrogen-bond acceptors (Lipinski definition) is 2. The Balaban J connectivity index is 1.98. The summed E-state index contributed by atoms with van der Waals surface area (Å²) in [6.45, 7) is 1.30. The van der Waals surface area contributed by atoms with Crippen LogP contribution in [0.3, 0.4) is 0 Å². The predicted octanol–water partition coefficient (Wildman–Crippen LogP) is 3.48. The Kier molecular flexibility index (Phi) is 6.16. The van der Waals surface area contributed by atoms with Crippen LogP contribution < -0.4 is 5.32 Å². The lowest BCUT2D eigenvalue weighted by Crippen LogP contribution is -2.32. The molecule has 25 heavy (non-hydrogen) atoms. The Bertz CT molecular complexity index is 760. The average Bonchev–Trinajstić information content (AvgIpc) is 2.56. The summed E-state index contributed by atoms with van der Waals surface area (Å²) in [4.78, 5) is 24.9. The highest BCUT2D eigenvalue weighted by molar-refractivity contribution is 5.91. The molecule has 0 heterocycles. The Morgan fingerprint density at radius 3 is 2.16 bits per heavy atom. The van der Waals surface area contributed by atoms with Gasteiger partial charge in [0.05, 0.1) is 0 Å². The van der Waals surface area contributed by atoms with Gasteiger partial charge in [0.25, 0.3) is 0 Å². The van der Waals surface area contributed by atoms with Gasteiger partial charge in [-0.15, -0.1) is 0 Å². The largest absolute Gasteiger partial charge is 0.338 e. The Hall–Kier alpha value is -2.83. The van der Waals surface area contributed by atoms with Gasteiger partial charge in [-0.05, 0) is 18.2 Å². The molecule has 0 bridgehead atoms. The monoisotopic (exact) mass is 350 g/mol. The lowest BCUT2D eigenvalue weighted by molar-refractivity contribution is -0.130. The van der Waals surface area contributed by atoms with Crippen molar-refractivity contribution in [1.29, 1.82) is 0 Å². The van der Waals surface area contributed by atoms with Gasteiger partial charge in [0.2, 0.25) is 11.8 Å². The van der Waals surface area contributed by atoms with Crippen molar-refractivity contribution in [1.82, 2.24) is 4.90 Å². The van der Waals surface area contributed by atoms with Crippen LogP contribution in [0.5, 0.6) is 0 Å². The van der Waals surface area contributed by atoms with E-state index >= 15 is 0 Å². The van der Waals surface area contributed by atoms with Crippen LogP contribution in [0.1, 0.15) is 18.9 Å². The number of nitrogens with zero attached hydrogens (tertiary/aromatic N) is 1. The topological polar surface area (TPSA) is 49.4 Å². The fraction of sp³-hybridized carbons (Fsp3) is 0.222. The Morgan fingerprint density at radius 2 is 1.56 bits per heavy atom. The van der Waals surface area contributed by atoms with Gasteiger partial charge < -0.3 is 10.2 Å². The van der Waals surface area contributed by atoms with Gasteiger partial charge in [0.1, 0.15) is 23.1 Å². The molecule has 0 radical (unpaired) electrons. The van der Waals surface area contributed by atoms with Crippen molar-refractivity contribution < 1.29 is 22.8 Å². The van der Waals surface area contributed by atoms with Crippen molar-refractivity contribution in [2.75, 3.05) is 11.9 Å². The first-order chi connectivity index (χ1) is 11.9. The summed E-state index contributed by atoms with van der Waals surface area (Å²) in [5.41, 5.74) is -0.214. The van der Waals surface area contributed by atoms with Crippen LogP contribution in [0.2, 0.25) is 0 Å². The van der Waals surface area contributed by atoms with E-state index in [1.165, 1.54) is 30.0 Å². The zero-order chi connectivity index (χ0) is 18.4. The highest BCUT2D eigenvalue weighted by Gasteiger charge is 2.16. The van der Waals surface area contributed by atoms with Crippen LogP contribution in [0, 0.1) is 17.5 Å². The average molecular weight is 350 g/mol. The van der Waals surface area contributed by atoms with Crippen molar-refractivity contribution >= 4 is 17.5 Å². The molecule has 2 aromatic rings. The quantitative estimate of drug-likeness (QED) is 0.867. The lowest BCUT2D eigenvalue weighted by Gasteiger charge is -2.21. The number of benzene rings is 2. The minimum absolute atomic E-state index is 0.00332. The number of amides is 2. The van der Waals surface area contributed by atoms with Gasteiger partial charge in [0.15, 0.2) is 0 Å². The number of para-hydroxylation sites is 1. The van der Waals surface area contributed by atoms with Crippen molar-refractivity contribution in [2.24, 2.45) is 0 Å². The normalized spacial score (nSPS) is 10.4. The van der Waals surface area contributed by atoms with E-state index in [-0.39, 0.29) is 25.4 Å². The van der Waals surface area contributed by atoms with E-state index in [1.54, 1.807) is 12.1 Å². The zero-order valence-electron chi connectivity index (χ0n) is 13.6. The van der Waals surface area contributed by atoms with Crippen LogP contribution in [0.25, 0.3) is 0 Å². The maximum absolute atomic E-state index is 13.7. The molecule has 0 aromatic heterocycles. The highest BCUT2D eigenvalue weighted by Crippen LogP contribution is 2.18. The van der Waals surface area contributed by atoms with E-state index in [9.17, 15) is 22.8 Å². The summed E-state index contributed by atoms with van der Waals surface area (Å²) in [5.74, 6) is -3.21. The van der Waals surface area contributed by atoms with E-state index in [4.69, 9.17) is 0 Å². The van der Waals surface area contributed by atoms with Gasteiger partial charge in [-0.1, -0.05) is 24.3 Å². The molecular formula is C18H17F3N2O2. The lowest BCUT2D eigenvalue weighted by atomic mass is 10.2. The molecule has 2 aromatic carbocycles. The van der Waals surface area contributed by atoms with Gasteiger partial charge in [-0.3, -0.25) is 9.59 Å². The molecule has 0 aliphatic carbocycles.